The highest BCUT2D eigenvalue weighted by Gasteiger charge is 2.23. The lowest BCUT2D eigenvalue weighted by Gasteiger charge is -2.36. The summed E-state index contributed by atoms with van der Waals surface area (Å²) in [5.74, 6) is 0. The van der Waals surface area contributed by atoms with Gasteiger partial charge in [-0.1, -0.05) is 0 Å². The van der Waals surface area contributed by atoms with E-state index in [9.17, 15) is 0 Å². The first-order valence-corrected chi connectivity index (χ1v) is 7.97. The lowest BCUT2D eigenvalue weighted by atomic mass is 10.1. The van der Waals surface area contributed by atoms with Crippen molar-refractivity contribution < 1.29 is 9.47 Å². The standard InChI is InChI=1S/C15H30N2O2/c1-3-18-15-6-4-8-17(12-15)13(2)10-16-11-14-7-5-9-19-14/h13-16H,3-12H2,1-2H3. The van der Waals surface area contributed by atoms with E-state index in [1.54, 1.807) is 0 Å². The summed E-state index contributed by atoms with van der Waals surface area (Å²) in [6.45, 7) is 10.6. The molecule has 0 aromatic heterocycles. The topological polar surface area (TPSA) is 33.7 Å². The van der Waals surface area contributed by atoms with Crippen LogP contribution in [0.5, 0.6) is 0 Å². The van der Waals surface area contributed by atoms with Crippen LogP contribution in [0.25, 0.3) is 0 Å². The molecule has 112 valence electrons. The van der Waals surface area contributed by atoms with E-state index < -0.39 is 0 Å². The van der Waals surface area contributed by atoms with Gasteiger partial charge in [0.2, 0.25) is 0 Å². The Balaban J connectivity index is 1.62. The highest BCUT2D eigenvalue weighted by atomic mass is 16.5. The average Bonchev–Trinajstić information content (AvgIpc) is 2.92. The quantitative estimate of drug-likeness (QED) is 0.762. The Labute approximate surface area is 117 Å². The molecule has 2 rings (SSSR count). The molecule has 0 radical (unpaired) electrons. The van der Waals surface area contributed by atoms with Gasteiger partial charge in [-0.15, -0.1) is 0 Å². The second kappa shape index (κ2) is 8.20. The predicted molar refractivity (Wildman–Crippen MR) is 77.5 cm³/mol. The van der Waals surface area contributed by atoms with Gasteiger partial charge in [0.15, 0.2) is 0 Å². The van der Waals surface area contributed by atoms with Crippen molar-refractivity contribution in [2.24, 2.45) is 0 Å². The van der Waals surface area contributed by atoms with Crippen molar-refractivity contribution >= 4 is 0 Å². The highest BCUT2D eigenvalue weighted by Crippen LogP contribution is 2.15. The van der Waals surface area contributed by atoms with Gasteiger partial charge in [0.1, 0.15) is 0 Å². The van der Waals surface area contributed by atoms with E-state index in [0.717, 1.165) is 32.8 Å². The van der Waals surface area contributed by atoms with Gasteiger partial charge in [-0.25, -0.2) is 0 Å². The van der Waals surface area contributed by atoms with Gasteiger partial charge in [-0.3, -0.25) is 4.90 Å². The molecular formula is C15H30N2O2. The van der Waals surface area contributed by atoms with Crippen molar-refractivity contribution in [3.8, 4) is 0 Å². The van der Waals surface area contributed by atoms with Crippen LogP contribution in [-0.2, 0) is 9.47 Å². The first-order chi connectivity index (χ1) is 9.29. The van der Waals surface area contributed by atoms with E-state index in [-0.39, 0.29) is 0 Å². The van der Waals surface area contributed by atoms with Crippen LogP contribution in [0.4, 0.5) is 0 Å². The molecule has 0 aromatic rings. The molecule has 2 aliphatic rings. The number of nitrogens with zero attached hydrogens (tertiary/aromatic N) is 1. The van der Waals surface area contributed by atoms with Crippen molar-refractivity contribution in [3.05, 3.63) is 0 Å². The molecule has 1 N–H and O–H groups in total. The third-order valence-electron chi connectivity index (χ3n) is 4.27. The molecule has 2 aliphatic heterocycles. The Kier molecular flexibility index (Phi) is 6.57. The van der Waals surface area contributed by atoms with Crippen molar-refractivity contribution in [1.82, 2.24) is 10.2 Å². The summed E-state index contributed by atoms with van der Waals surface area (Å²) in [5, 5.41) is 3.56. The normalized spacial score (nSPS) is 30.6. The molecule has 4 nitrogen and oxygen atoms in total. The maximum Gasteiger partial charge on any atom is 0.0702 e. The molecule has 0 aromatic carbocycles. The van der Waals surface area contributed by atoms with Crippen LogP contribution in [-0.4, -0.2) is 62.5 Å². The minimum absolute atomic E-state index is 0.444. The summed E-state index contributed by atoms with van der Waals surface area (Å²) in [7, 11) is 0. The number of rotatable bonds is 7. The van der Waals surface area contributed by atoms with Gasteiger partial charge < -0.3 is 14.8 Å². The number of likely N-dealkylation sites (tertiary alicyclic amines) is 1. The van der Waals surface area contributed by atoms with Gasteiger partial charge >= 0.3 is 0 Å². The average molecular weight is 270 g/mol. The molecule has 0 saturated carbocycles. The van der Waals surface area contributed by atoms with Gasteiger partial charge in [-0.2, -0.15) is 0 Å². The molecule has 0 spiro atoms. The number of hydrogen-bond acceptors (Lipinski definition) is 4. The van der Waals surface area contributed by atoms with Gasteiger partial charge in [-0.05, 0) is 46.1 Å². The molecule has 4 heteroatoms. The zero-order valence-electron chi connectivity index (χ0n) is 12.6. The molecule has 3 atom stereocenters. The number of hydrogen-bond donors (Lipinski definition) is 1. The molecule has 0 aliphatic carbocycles. The fourth-order valence-corrected chi connectivity index (χ4v) is 3.13. The monoisotopic (exact) mass is 270 g/mol. The second-order valence-electron chi connectivity index (χ2n) is 5.86. The maximum atomic E-state index is 5.77. The third kappa shape index (κ3) is 5.03. The fraction of sp³-hybridized carbons (Fsp3) is 1.00. The SMILES string of the molecule is CCOC1CCCN(C(C)CNCC2CCCO2)C1. The summed E-state index contributed by atoms with van der Waals surface area (Å²) in [5.41, 5.74) is 0. The van der Waals surface area contributed by atoms with E-state index in [1.807, 2.05) is 0 Å². The first kappa shape index (κ1) is 15.2. The summed E-state index contributed by atoms with van der Waals surface area (Å²) in [6.07, 6.45) is 5.83. The molecule has 2 fully saturated rings. The lowest BCUT2D eigenvalue weighted by Crippen LogP contribution is -2.48. The fourth-order valence-electron chi connectivity index (χ4n) is 3.13. The Morgan fingerprint density at radius 3 is 3.00 bits per heavy atom. The van der Waals surface area contributed by atoms with Crippen LogP contribution in [0.15, 0.2) is 0 Å². The Hall–Kier alpha value is -0.160. The van der Waals surface area contributed by atoms with Crippen LogP contribution in [0, 0.1) is 0 Å². The van der Waals surface area contributed by atoms with Gasteiger partial charge in [0.25, 0.3) is 0 Å². The summed E-state index contributed by atoms with van der Waals surface area (Å²) in [4.78, 5) is 2.56. The number of nitrogens with one attached hydrogen (secondary N) is 1. The highest BCUT2D eigenvalue weighted by molar-refractivity contribution is 4.79. The van der Waals surface area contributed by atoms with Crippen molar-refractivity contribution in [3.63, 3.8) is 0 Å². The molecule has 0 amide bonds. The smallest absolute Gasteiger partial charge is 0.0702 e. The third-order valence-corrected chi connectivity index (χ3v) is 4.27. The maximum absolute atomic E-state index is 5.77. The van der Waals surface area contributed by atoms with Crippen LogP contribution in [0.3, 0.4) is 0 Å². The molecule has 3 unspecified atom stereocenters. The zero-order chi connectivity index (χ0) is 13.5. The molecule has 19 heavy (non-hydrogen) atoms. The molecule has 2 heterocycles. The van der Waals surface area contributed by atoms with E-state index in [2.05, 4.69) is 24.1 Å². The second-order valence-corrected chi connectivity index (χ2v) is 5.86. The molecular weight excluding hydrogens is 240 g/mol. The minimum atomic E-state index is 0.444. The van der Waals surface area contributed by atoms with E-state index >= 15 is 0 Å². The van der Waals surface area contributed by atoms with Crippen molar-refractivity contribution in [2.45, 2.75) is 57.8 Å². The minimum Gasteiger partial charge on any atom is -0.377 e. The van der Waals surface area contributed by atoms with E-state index in [1.165, 1.54) is 32.2 Å². The Morgan fingerprint density at radius 1 is 1.37 bits per heavy atom. The largest absolute Gasteiger partial charge is 0.377 e. The van der Waals surface area contributed by atoms with Gasteiger partial charge in [0, 0.05) is 38.9 Å². The van der Waals surface area contributed by atoms with Crippen LogP contribution in [0.2, 0.25) is 0 Å². The summed E-state index contributed by atoms with van der Waals surface area (Å²) >= 11 is 0. The zero-order valence-corrected chi connectivity index (χ0v) is 12.6. The predicted octanol–water partition coefficient (Wildman–Crippen LogP) is 1.64. The molecule has 2 saturated heterocycles. The first-order valence-electron chi connectivity index (χ1n) is 7.97. The van der Waals surface area contributed by atoms with Crippen LogP contribution in [0.1, 0.15) is 39.5 Å². The van der Waals surface area contributed by atoms with Crippen LogP contribution < -0.4 is 5.32 Å². The summed E-state index contributed by atoms with van der Waals surface area (Å²) in [6, 6.07) is 0.588. The van der Waals surface area contributed by atoms with Crippen molar-refractivity contribution in [2.75, 3.05) is 39.4 Å². The van der Waals surface area contributed by atoms with Crippen molar-refractivity contribution in [1.29, 1.82) is 0 Å². The van der Waals surface area contributed by atoms with E-state index in [0.29, 0.717) is 18.2 Å². The summed E-state index contributed by atoms with van der Waals surface area (Å²) < 4.78 is 11.4. The van der Waals surface area contributed by atoms with E-state index in [4.69, 9.17) is 9.47 Å². The van der Waals surface area contributed by atoms with Crippen LogP contribution >= 0.6 is 0 Å². The Bertz CT molecular complexity index is 242. The number of ether oxygens (including phenoxy) is 2. The Morgan fingerprint density at radius 2 is 2.26 bits per heavy atom. The molecule has 0 bridgehead atoms. The lowest BCUT2D eigenvalue weighted by molar-refractivity contribution is -0.00525. The number of piperidine rings is 1. The van der Waals surface area contributed by atoms with Gasteiger partial charge in [0.05, 0.1) is 12.2 Å².